The van der Waals surface area contributed by atoms with Crippen LogP contribution in [0.1, 0.15) is 33.2 Å². The molecule has 5 nitrogen and oxygen atoms in total. The fourth-order valence-electron chi connectivity index (χ4n) is 2.46. The van der Waals surface area contributed by atoms with Gasteiger partial charge in [-0.1, -0.05) is 0 Å². The molecule has 0 spiro atoms. The highest BCUT2D eigenvalue weighted by molar-refractivity contribution is 9.10. The van der Waals surface area contributed by atoms with Crippen molar-refractivity contribution in [3.63, 3.8) is 0 Å². The van der Waals surface area contributed by atoms with Crippen LogP contribution in [0.25, 0.3) is 0 Å². The van der Waals surface area contributed by atoms with Crippen LogP contribution in [0, 0.1) is 5.92 Å². The minimum Gasteiger partial charge on any atom is -0.369 e. The summed E-state index contributed by atoms with van der Waals surface area (Å²) in [6.07, 6.45) is 2.84. The van der Waals surface area contributed by atoms with Crippen molar-refractivity contribution < 1.29 is 0 Å². The summed E-state index contributed by atoms with van der Waals surface area (Å²) in [6.45, 7) is 7.75. The summed E-state index contributed by atoms with van der Waals surface area (Å²) in [5.41, 5.74) is 6.76. The minimum absolute atomic E-state index is 0.0632. The zero-order valence-corrected chi connectivity index (χ0v) is 13.2. The Hall–Kier alpha value is -0.880. The summed E-state index contributed by atoms with van der Waals surface area (Å²) >= 11 is 3.42. The van der Waals surface area contributed by atoms with Gasteiger partial charge < -0.3 is 10.6 Å². The number of aromatic nitrogens is 2. The smallest absolute Gasteiger partial charge is 0.283 e. The lowest BCUT2D eigenvalue weighted by molar-refractivity contribution is 0.487. The molecular weight excluding hydrogens is 308 g/mol. The molecule has 1 aliphatic heterocycles. The highest BCUT2D eigenvalue weighted by atomic mass is 79.9. The van der Waals surface area contributed by atoms with Gasteiger partial charge in [-0.15, -0.1) is 0 Å². The lowest BCUT2D eigenvalue weighted by atomic mass is 10.0. The SMILES string of the molecule is CC(N)C1CCN(c2cnn(C(C)C)c(=O)c2Br)C1. The number of rotatable bonds is 3. The number of nitrogens with two attached hydrogens (primary N) is 1. The number of halogens is 1. The summed E-state index contributed by atoms with van der Waals surface area (Å²) < 4.78 is 2.09. The van der Waals surface area contributed by atoms with E-state index in [1.807, 2.05) is 20.8 Å². The van der Waals surface area contributed by atoms with Crippen molar-refractivity contribution in [1.82, 2.24) is 9.78 Å². The molecule has 1 aromatic rings. The second-order valence-corrected chi connectivity index (χ2v) is 6.33. The lowest BCUT2D eigenvalue weighted by Crippen LogP contribution is -2.32. The first-order valence-electron chi connectivity index (χ1n) is 6.69. The minimum atomic E-state index is -0.0725. The van der Waals surface area contributed by atoms with Gasteiger partial charge in [0.25, 0.3) is 5.56 Å². The topological polar surface area (TPSA) is 64.2 Å². The molecule has 1 saturated heterocycles. The lowest BCUT2D eigenvalue weighted by Gasteiger charge is -2.21. The van der Waals surface area contributed by atoms with Gasteiger partial charge in [-0.2, -0.15) is 5.10 Å². The molecule has 106 valence electrons. The third-order valence-corrected chi connectivity index (χ3v) is 4.47. The highest BCUT2D eigenvalue weighted by Gasteiger charge is 2.27. The zero-order valence-electron chi connectivity index (χ0n) is 11.6. The van der Waals surface area contributed by atoms with E-state index in [0.29, 0.717) is 10.4 Å². The molecule has 19 heavy (non-hydrogen) atoms. The Morgan fingerprint density at radius 1 is 1.47 bits per heavy atom. The predicted molar refractivity (Wildman–Crippen MR) is 80.6 cm³/mol. The van der Waals surface area contributed by atoms with Crippen molar-refractivity contribution >= 4 is 21.6 Å². The maximum absolute atomic E-state index is 12.2. The Morgan fingerprint density at radius 2 is 2.16 bits per heavy atom. The zero-order chi connectivity index (χ0) is 14.2. The fourth-order valence-corrected chi connectivity index (χ4v) is 2.99. The fraction of sp³-hybridized carbons (Fsp3) is 0.692. The van der Waals surface area contributed by atoms with Crippen LogP contribution < -0.4 is 16.2 Å². The van der Waals surface area contributed by atoms with Gasteiger partial charge in [0.2, 0.25) is 0 Å². The summed E-state index contributed by atoms with van der Waals surface area (Å²) in [4.78, 5) is 14.4. The van der Waals surface area contributed by atoms with Gasteiger partial charge in [-0.3, -0.25) is 4.79 Å². The normalized spacial score (nSPS) is 21.2. The molecule has 0 aliphatic carbocycles. The van der Waals surface area contributed by atoms with Gasteiger partial charge in [0.05, 0.1) is 17.9 Å². The third-order valence-electron chi connectivity index (χ3n) is 3.72. The summed E-state index contributed by atoms with van der Waals surface area (Å²) in [6, 6.07) is 0.251. The van der Waals surface area contributed by atoms with Crippen LogP contribution in [-0.4, -0.2) is 28.9 Å². The van der Waals surface area contributed by atoms with E-state index in [-0.39, 0.29) is 17.6 Å². The van der Waals surface area contributed by atoms with Gasteiger partial charge in [-0.25, -0.2) is 4.68 Å². The van der Waals surface area contributed by atoms with Crippen molar-refractivity contribution in [2.24, 2.45) is 11.7 Å². The first kappa shape index (κ1) is 14.5. The van der Waals surface area contributed by atoms with Crippen molar-refractivity contribution in [3.8, 4) is 0 Å². The Labute approximate surface area is 121 Å². The highest BCUT2D eigenvalue weighted by Crippen LogP contribution is 2.28. The van der Waals surface area contributed by atoms with Crippen LogP contribution in [0.4, 0.5) is 5.69 Å². The molecule has 6 heteroatoms. The van der Waals surface area contributed by atoms with E-state index in [4.69, 9.17) is 5.73 Å². The monoisotopic (exact) mass is 328 g/mol. The Kier molecular flexibility index (Phi) is 4.30. The number of hydrogen-bond acceptors (Lipinski definition) is 4. The molecule has 0 saturated carbocycles. The molecule has 2 N–H and O–H groups in total. The second-order valence-electron chi connectivity index (χ2n) is 5.54. The van der Waals surface area contributed by atoms with E-state index in [1.165, 1.54) is 4.68 Å². The van der Waals surface area contributed by atoms with Crippen molar-refractivity contribution in [2.75, 3.05) is 18.0 Å². The molecule has 1 aliphatic rings. The van der Waals surface area contributed by atoms with Crippen LogP contribution in [0.5, 0.6) is 0 Å². The quantitative estimate of drug-likeness (QED) is 0.918. The summed E-state index contributed by atoms with van der Waals surface area (Å²) in [5.74, 6) is 0.486. The first-order chi connectivity index (χ1) is 8.91. The van der Waals surface area contributed by atoms with E-state index in [0.717, 1.165) is 25.2 Å². The summed E-state index contributed by atoms with van der Waals surface area (Å²) in [5, 5.41) is 4.25. The van der Waals surface area contributed by atoms with E-state index >= 15 is 0 Å². The van der Waals surface area contributed by atoms with Crippen molar-refractivity contribution in [1.29, 1.82) is 0 Å². The van der Waals surface area contributed by atoms with Crippen molar-refractivity contribution in [3.05, 3.63) is 21.0 Å². The van der Waals surface area contributed by atoms with Crippen LogP contribution in [0.3, 0.4) is 0 Å². The predicted octanol–water partition coefficient (Wildman–Crippen LogP) is 1.76. The Morgan fingerprint density at radius 3 is 2.68 bits per heavy atom. The molecular formula is C13H21BrN4O. The third kappa shape index (κ3) is 2.84. The maximum atomic E-state index is 12.2. The van der Waals surface area contributed by atoms with Gasteiger partial charge in [0.15, 0.2) is 0 Å². The van der Waals surface area contributed by atoms with E-state index in [2.05, 4.69) is 25.9 Å². The van der Waals surface area contributed by atoms with Crippen LogP contribution in [0.15, 0.2) is 15.5 Å². The van der Waals surface area contributed by atoms with E-state index < -0.39 is 0 Å². The van der Waals surface area contributed by atoms with E-state index in [1.54, 1.807) is 6.20 Å². The molecule has 1 aromatic heterocycles. The maximum Gasteiger partial charge on any atom is 0.283 e. The molecule has 0 amide bonds. The molecule has 2 rings (SSSR count). The molecule has 1 fully saturated rings. The standard InChI is InChI=1S/C13H21BrN4O/c1-8(2)18-13(19)12(14)11(6-16-18)17-5-4-10(7-17)9(3)15/h6,8-10H,4-5,7,15H2,1-3H3. The Balaban J connectivity index is 2.28. The molecule has 2 atom stereocenters. The molecule has 0 bridgehead atoms. The van der Waals surface area contributed by atoms with Crippen LogP contribution in [0.2, 0.25) is 0 Å². The largest absolute Gasteiger partial charge is 0.369 e. The van der Waals surface area contributed by atoms with E-state index in [9.17, 15) is 4.79 Å². The average molecular weight is 329 g/mol. The average Bonchev–Trinajstić information content (AvgIpc) is 2.81. The molecule has 0 aromatic carbocycles. The molecule has 0 radical (unpaired) electrons. The first-order valence-corrected chi connectivity index (χ1v) is 7.49. The van der Waals surface area contributed by atoms with Crippen LogP contribution in [-0.2, 0) is 0 Å². The van der Waals surface area contributed by atoms with Gasteiger partial charge in [0, 0.05) is 19.1 Å². The molecule has 2 unspecified atom stereocenters. The van der Waals surface area contributed by atoms with Crippen molar-refractivity contribution in [2.45, 2.75) is 39.3 Å². The Bertz CT molecular complexity index is 512. The number of hydrogen-bond donors (Lipinski definition) is 1. The number of nitrogens with zero attached hydrogens (tertiary/aromatic N) is 3. The molecule has 2 heterocycles. The number of anilines is 1. The summed E-state index contributed by atoms with van der Waals surface area (Å²) in [7, 11) is 0. The van der Waals surface area contributed by atoms with Gasteiger partial charge in [0.1, 0.15) is 4.47 Å². The van der Waals surface area contributed by atoms with Crippen LogP contribution >= 0.6 is 15.9 Å². The van der Waals surface area contributed by atoms with Gasteiger partial charge >= 0.3 is 0 Å². The second kappa shape index (κ2) is 5.63. The van der Waals surface area contributed by atoms with Gasteiger partial charge in [-0.05, 0) is 49.0 Å².